The van der Waals surface area contributed by atoms with Gasteiger partial charge in [-0.1, -0.05) is 26.8 Å². The second kappa shape index (κ2) is 8.04. The molecule has 0 radical (unpaired) electrons. The zero-order valence-electron chi connectivity index (χ0n) is 14.0. The van der Waals surface area contributed by atoms with Gasteiger partial charge in [0.25, 0.3) is 0 Å². The van der Waals surface area contributed by atoms with Crippen molar-refractivity contribution in [1.82, 2.24) is 0 Å². The summed E-state index contributed by atoms with van der Waals surface area (Å²) in [5.41, 5.74) is 0. The number of allylic oxidation sites excluding steroid dienone is 3. The first-order valence-corrected chi connectivity index (χ1v) is 10.9. The smallest absolute Gasteiger partial charge is 0.191 e. The van der Waals surface area contributed by atoms with Crippen LogP contribution in [0, 0.1) is 0 Å². The molecule has 0 aromatic heterocycles. The zero-order valence-corrected chi connectivity index (χ0v) is 15.0. The Morgan fingerprint density at radius 2 is 2.05 bits per heavy atom. The van der Waals surface area contributed by atoms with Gasteiger partial charge in [0.1, 0.15) is 5.76 Å². The Morgan fingerprint density at radius 3 is 2.65 bits per heavy atom. The maximum Gasteiger partial charge on any atom is 0.191 e. The second-order valence-corrected chi connectivity index (χ2v) is 11.9. The lowest BCUT2D eigenvalue weighted by molar-refractivity contribution is 0.206. The van der Waals surface area contributed by atoms with Crippen molar-refractivity contribution in [1.29, 1.82) is 0 Å². The first-order chi connectivity index (χ1) is 9.33. The average molecular weight is 297 g/mol. The lowest BCUT2D eigenvalue weighted by atomic mass is 10.2. The summed E-state index contributed by atoms with van der Waals surface area (Å²) in [7, 11) is -1.55. The Hall–Kier alpha value is -0.543. The van der Waals surface area contributed by atoms with E-state index in [2.05, 4.69) is 52.1 Å². The predicted molar refractivity (Wildman–Crippen MR) is 89.4 cm³/mol. The van der Waals surface area contributed by atoms with Crippen LogP contribution in [0.3, 0.4) is 0 Å². The molecular weight excluding hydrogens is 264 g/mol. The number of hydrogen-bond acceptors (Lipinski definition) is 2. The third-order valence-corrected chi connectivity index (χ3v) is 8.82. The van der Waals surface area contributed by atoms with E-state index in [0.717, 1.165) is 44.7 Å². The van der Waals surface area contributed by atoms with E-state index < -0.39 is 8.32 Å². The van der Waals surface area contributed by atoms with Gasteiger partial charge in [-0.25, -0.2) is 0 Å². The summed E-state index contributed by atoms with van der Waals surface area (Å²) in [6, 6.07) is 0. The first-order valence-electron chi connectivity index (χ1n) is 7.96. The van der Waals surface area contributed by atoms with Crippen LogP contribution in [0.2, 0.25) is 18.1 Å². The molecule has 0 saturated heterocycles. The van der Waals surface area contributed by atoms with Gasteiger partial charge in [0.2, 0.25) is 0 Å². The maximum atomic E-state index is 6.17. The van der Waals surface area contributed by atoms with Crippen LogP contribution < -0.4 is 0 Å². The Morgan fingerprint density at radius 1 is 1.30 bits per heavy atom. The topological polar surface area (TPSA) is 18.5 Å². The quantitative estimate of drug-likeness (QED) is 0.461. The minimum atomic E-state index is -1.55. The Bertz CT molecular complexity index is 337. The van der Waals surface area contributed by atoms with E-state index >= 15 is 0 Å². The third kappa shape index (κ3) is 6.27. The van der Waals surface area contributed by atoms with E-state index in [9.17, 15) is 0 Å². The highest BCUT2D eigenvalue weighted by Gasteiger charge is 2.36. The van der Waals surface area contributed by atoms with Crippen LogP contribution in [0.1, 0.15) is 52.9 Å². The van der Waals surface area contributed by atoms with Crippen molar-refractivity contribution < 1.29 is 9.16 Å². The van der Waals surface area contributed by atoms with Gasteiger partial charge in [-0.15, -0.1) is 0 Å². The number of ether oxygens (including phenoxy) is 1. The van der Waals surface area contributed by atoms with Gasteiger partial charge in [-0.2, -0.15) is 0 Å². The molecule has 0 amide bonds. The molecule has 0 saturated carbocycles. The van der Waals surface area contributed by atoms with Crippen molar-refractivity contribution in [3.05, 3.63) is 24.0 Å². The monoisotopic (exact) mass is 296 g/mol. The molecule has 3 heteroatoms. The fraction of sp³-hybridized carbons (Fsp3) is 0.765. The fourth-order valence-corrected chi connectivity index (χ4v) is 2.89. The van der Waals surface area contributed by atoms with E-state index in [1.807, 2.05) is 0 Å². The average Bonchev–Trinajstić information content (AvgIpc) is 2.37. The summed E-state index contributed by atoms with van der Waals surface area (Å²) in [5.74, 6) is 1.05. The summed E-state index contributed by atoms with van der Waals surface area (Å²) in [5, 5.41) is 0.317. The lowest BCUT2D eigenvalue weighted by Gasteiger charge is -2.36. The number of rotatable bonds is 7. The van der Waals surface area contributed by atoms with Crippen LogP contribution >= 0.6 is 0 Å². The van der Waals surface area contributed by atoms with Gasteiger partial charge in [0.05, 0.1) is 6.61 Å². The van der Waals surface area contributed by atoms with Crippen molar-refractivity contribution >= 4 is 8.32 Å². The van der Waals surface area contributed by atoms with Gasteiger partial charge in [0, 0.05) is 6.61 Å². The van der Waals surface area contributed by atoms with Gasteiger partial charge < -0.3 is 9.16 Å². The maximum absolute atomic E-state index is 6.17. The van der Waals surface area contributed by atoms with Gasteiger partial charge >= 0.3 is 0 Å². The standard InChI is InChI=1S/C17H32O2Si/c1-17(2,3)20(4,5)19-15-10-7-6-8-12-16-13-9-11-14-18-16/h8,12-13H,6-7,9-11,14-15H2,1-5H3/b12-8+. The van der Waals surface area contributed by atoms with E-state index in [1.54, 1.807) is 0 Å². The largest absolute Gasteiger partial charge is 0.494 e. The van der Waals surface area contributed by atoms with Gasteiger partial charge in [-0.3, -0.25) is 0 Å². The highest BCUT2D eigenvalue weighted by molar-refractivity contribution is 6.74. The van der Waals surface area contributed by atoms with Crippen LogP contribution in [0.5, 0.6) is 0 Å². The minimum absolute atomic E-state index is 0.317. The summed E-state index contributed by atoms with van der Waals surface area (Å²) in [6.45, 7) is 13.3. The summed E-state index contributed by atoms with van der Waals surface area (Å²) < 4.78 is 11.7. The highest BCUT2D eigenvalue weighted by Crippen LogP contribution is 2.36. The molecule has 20 heavy (non-hydrogen) atoms. The normalized spacial score (nSPS) is 17.1. The molecule has 1 aliphatic heterocycles. The molecule has 0 fully saturated rings. The van der Waals surface area contributed by atoms with E-state index in [4.69, 9.17) is 9.16 Å². The highest BCUT2D eigenvalue weighted by atomic mass is 28.4. The molecule has 1 rings (SSSR count). The Kier molecular flexibility index (Phi) is 7.03. The van der Waals surface area contributed by atoms with Crippen molar-refractivity contribution in [3.63, 3.8) is 0 Å². The minimum Gasteiger partial charge on any atom is -0.494 e. The molecule has 0 aromatic carbocycles. The molecule has 0 atom stereocenters. The summed E-state index contributed by atoms with van der Waals surface area (Å²) in [6.07, 6.45) is 12.3. The second-order valence-electron chi connectivity index (χ2n) is 7.10. The SMILES string of the molecule is CC(C)(C)[Si](C)(C)OCCCC/C=C/C1=CCCCO1. The van der Waals surface area contributed by atoms with Crippen LogP contribution in [0.4, 0.5) is 0 Å². The molecule has 116 valence electrons. The van der Waals surface area contributed by atoms with Crippen LogP contribution in [0.15, 0.2) is 24.0 Å². The van der Waals surface area contributed by atoms with Crippen LogP contribution in [-0.4, -0.2) is 21.5 Å². The van der Waals surface area contributed by atoms with E-state index in [1.165, 1.54) is 6.42 Å². The first kappa shape index (κ1) is 17.5. The molecule has 0 unspecified atom stereocenters. The van der Waals surface area contributed by atoms with E-state index in [0.29, 0.717) is 5.04 Å². The van der Waals surface area contributed by atoms with Gasteiger partial charge in [-0.05, 0) is 62.4 Å². The molecular formula is C17H32O2Si. The number of unbranched alkanes of at least 4 members (excludes halogenated alkanes) is 2. The van der Waals surface area contributed by atoms with Crippen molar-refractivity contribution in [2.45, 2.75) is 71.0 Å². The Labute approximate surface area is 126 Å². The van der Waals surface area contributed by atoms with Crippen LogP contribution in [0.25, 0.3) is 0 Å². The zero-order chi connectivity index (χ0) is 15.1. The molecule has 2 nitrogen and oxygen atoms in total. The number of hydrogen-bond donors (Lipinski definition) is 0. The summed E-state index contributed by atoms with van der Waals surface area (Å²) in [4.78, 5) is 0. The molecule has 0 N–H and O–H groups in total. The van der Waals surface area contributed by atoms with Crippen molar-refractivity contribution in [2.75, 3.05) is 13.2 Å². The fourth-order valence-electron chi connectivity index (χ4n) is 1.80. The van der Waals surface area contributed by atoms with Crippen molar-refractivity contribution in [2.24, 2.45) is 0 Å². The van der Waals surface area contributed by atoms with Crippen LogP contribution in [-0.2, 0) is 9.16 Å². The van der Waals surface area contributed by atoms with Crippen molar-refractivity contribution in [3.8, 4) is 0 Å². The predicted octanol–water partition coefficient (Wildman–Crippen LogP) is 5.43. The molecule has 1 heterocycles. The summed E-state index contributed by atoms with van der Waals surface area (Å²) >= 11 is 0. The molecule has 0 bridgehead atoms. The van der Waals surface area contributed by atoms with Gasteiger partial charge in [0.15, 0.2) is 8.32 Å². The molecule has 0 spiro atoms. The lowest BCUT2D eigenvalue weighted by Crippen LogP contribution is -2.40. The molecule has 0 aliphatic carbocycles. The molecule has 1 aliphatic rings. The van der Waals surface area contributed by atoms with E-state index in [-0.39, 0.29) is 0 Å². The Balaban J connectivity index is 2.10. The third-order valence-electron chi connectivity index (χ3n) is 4.28. The molecule has 0 aromatic rings.